The van der Waals surface area contributed by atoms with E-state index >= 15 is 0 Å². The number of carbonyl (C=O) groups excluding carboxylic acids is 2. The van der Waals surface area contributed by atoms with Gasteiger partial charge in [0.25, 0.3) is 0 Å². The Balaban J connectivity index is 1.44. The van der Waals surface area contributed by atoms with Crippen LogP contribution in [0.3, 0.4) is 0 Å². The lowest BCUT2D eigenvalue weighted by atomic mass is 9.32. The molecule has 0 aromatic heterocycles. The van der Waals surface area contributed by atoms with Crippen LogP contribution < -0.4 is 0 Å². The minimum atomic E-state index is -1.02. The number of fused-ring (bicyclic) bond motifs is 7. The van der Waals surface area contributed by atoms with E-state index in [0.29, 0.717) is 31.3 Å². The average molecular weight is 529 g/mol. The molecular formula is C32H48O6. The molecule has 6 nitrogen and oxygen atoms in total. The first-order valence-corrected chi connectivity index (χ1v) is 15.0. The molecule has 0 aromatic rings. The fourth-order valence-electron chi connectivity index (χ4n) is 11.6. The molecule has 1 spiro atoms. The van der Waals surface area contributed by atoms with Gasteiger partial charge in [-0.05, 0) is 78.9 Å². The number of aliphatic hydroxyl groups excluding tert-OH is 1. The highest BCUT2D eigenvalue weighted by Gasteiger charge is 2.75. The number of aliphatic hydroxyl groups is 2. The van der Waals surface area contributed by atoms with Crippen LogP contribution in [0.15, 0.2) is 11.6 Å². The van der Waals surface area contributed by atoms with Gasteiger partial charge in [0.2, 0.25) is 0 Å². The highest BCUT2D eigenvalue weighted by molar-refractivity contribution is 5.68. The Morgan fingerprint density at radius 1 is 1.05 bits per heavy atom. The number of esters is 1. The number of hydrogen-bond acceptors (Lipinski definition) is 6. The fraction of sp³-hybridized carbons (Fsp3) is 0.875. The van der Waals surface area contributed by atoms with E-state index in [1.54, 1.807) is 0 Å². The van der Waals surface area contributed by atoms with Gasteiger partial charge >= 0.3 is 5.97 Å². The zero-order valence-electron chi connectivity index (χ0n) is 24.4. The van der Waals surface area contributed by atoms with Crippen LogP contribution in [0.5, 0.6) is 0 Å². The van der Waals surface area contributed by atoms with E-state index in [1.165, 1.54) is 12.5 Å². The standard InChI is InChI=1S/C32H48O6/c1-18-19(2)25(38-20(3)34)26(35)30(16-33)13-12-28(6)21(24(18)30)8-9-23-29(28,7)11-10-22-27(4,5)32(36)15-14-31(22,23)17-37-32/h8,16,18-19,22-26,35-36H,9-15,17H2,1-7H3/t18-,19-,22?,23-,24-,25+,26+,28+,29+,30-,31+,32+/m0/s1. The molecular weight excluding hydrogens is 480 g/mol. The molecule has 7 rings (SSSR count). The summed E-state index contributed by atoms with van der Waals surface area (Å²) in [4.78, 5) is 24.9. The predicted molar refractivity (Wildman–Crippen MR) is 143 cm³/mol. The molecule has 38 heavy (non-hydrogen) atoms. The van der Waals surface area contributed by atoms with Gasteiger partial charge in [-0.1, -0.05) is 53.2 Å². The van der Waals surface area contributed by atoms with E-state index in [2.05, 4.69) is 47.6 Å². The van der Waals surface area contributed by atoms with E-state index in [-0.39, 0.29) is 39.4 Å². The van der Waals surface area contributed by atoms with Gasteiger partial charge < -0.3 is 24.5 Å². The molecule has 0 aromatic carbocycles. The number of ether oxygens (including phenoxy) is 2. The van der Waals surface area contributed by atoms with E-state index in [9.17, 15) is 19.8 Å². The summed E-state index contributed by atoms with van der Waals surface area (Å²) in [5.74, 6) is -0.591. The van der Waals surface area contributed by atoms with Gasteiger partial charge in [0.1, 0.15) is 18.5 Å². The van der Waals surface area contributed by atoms with Crippen LogP contribution in [-0.4, -0.2) is 47.1 Å². The summed E-state index contributed by atoms with van der Waals surface area (Å²) < 4.78 is 12.0. The molecule has 1 unspecified atom stereocenters. The fourth-order valence-corrected chi connectivity index (χ4v) is 11.6. The second kappa shape index (κ2) is 7.94. The third-order valence-electron chi connectivity index (χ3n) is 14.2. The monoisotopic (exact) mass is 528 g/mol. The molecule has 4 saturated carbocycles. The molecule has 2 saturated heterocycles. The molecule has 0 radical (unpaired) electrons. The van der Waals surface area contributed by atoms with Gasteiger partial charge in [-0.15, -0.1) is 0 Å². The third-order valence-corrected chi connectivity index (χ3v) is 14.2. The number of rotatable bonds is 2. The SMILES string of the molecule is CC(=O)O[C@@H]1[C@@H](C)[C@H](C)[C@H]2C3=CC[C@@H]4[C@]56CC[C@@](O)(OC5)C(C)(C)C6CC[C@@]4(C)[C@]3(C)CC[C@@]2(C=O)[C@@H]1O. The molecule has 0 amide bonds. The van der Waals surface area contributed by atoms with E-state index in [0.717, 1.165) is 38.4 Å². The van der Waals surface area contributed by atoms with Crippen LogP contribution in [0.2, 0.25) is 0 Å². The highest BCUT2D eigenvalue weighted by atomic mass is 16.6. The quantitative estimate of drug-likeness (QED) is 0.296. The Labute approximate surface area is 227 Å². The van der Waals surface area contributed by atoms with Gasteiger partial charge in [0.05, 0.1) is 12.0 Å². The van der Waals surface area contributed by atoms with Crippen molar-refractivity contribution in [3.05, 3.63) is 11.6 Å². The number of allylic oxidation sites excluding steroid dienone is 2. The molecule has 5 aliphatic carbocycles. The van der Waals surface area contributed by atoms with Crippen molar-refractivity contribution in [1.82, 2.24) is 0 Å². The van der Waals surface area contributed by atoms with Crippen LogP contribution in [-0.2, 0) is 19.1 Å². The minimum absolute atomic E-state index is 0.0372. The summed E-state index contributed by atoms with van der Waals surface area (Å²) >= 11 is 0. The lowest BCUT2D eigenvalue weighted by molar-refractivity contribution is -0.395. The molecule has 2 heterocycles. The van der Waals surface area contributed by atoms with Gasteiger partial charge in [0.15, 0.2) is 5.79 Å². The van der Waals surface area contributed by atoms with Crippen molar-refractivity contribution in [3.63, 3.8) is 0 Å². The molecule has 2 bridgehead atoms. The summed E-state index contributed by atoms with van der Waals surface area (Å²) in [5, 5.41) is 23.1. The van der Waals surface area contributed by atoms with Crippen LogP contribution in [0.1, 0.15) is 93.4 Å². The van der Waals surface area contributed by atoms with Crippen molar-refractivity contribution in [1.29, 1.82) is 0 Å². The molecule has 12 atom stereocenters. The predicted octanol–water partition coefficient (Wildman–Crippen LogP) is 5.05. The highest BCUT2D eigenvalue weighted by Crippen LogP contribution is 2.77. The van der Waals surface area contributed by atoms with Crippen LogP contribution >= 0.6 is 0 Å². The summed E-state index contributed by atoms with van der Waals surface area (Å²) in [5.41, 5.74) is 0.134. The first-order chi connectivity index (χ1) is 17.7. The van der Waals surface area contributed by atoms with Gasteiger partial charge in [0, 0.05) is 24.2 Å². The van der Waals surface area contributed by atoms with Gasteiger partial charge in [-0.3, -0.25) is 4.79 Å². The Morgan fingerprint density at radius 3 is 2.37 bits per heavy atom. The van der Waals surface area contributed by atoms with Crippen LogP contribution in [0.4, 0.5) is 0 Å². The molecule has 2 aliphatic heterocycles. The van der Waals surface area contributed by atoms with Crippen LogP contribution in [0, 0.1) is 56.7 Å². The minimum Gasteiger partial charge on any atom is -0.459 e. The lowest BCUT2D eigenvalue weighted by Crippen LogP contribution is -2.73. The van der Waals surface area contributed by atoms with E-state index < -0.39 is 29.4 Å². The summed E-state index contributed by atoms with van der Waals surface area (Å²) in [6.07, 6.45) is 8.06. The first-order valence-electron chi connectivity index (χ1n) is 15.0. The molecule has 2 N–H and O–H groups in total. The maximum absolute atomic E-state index is 13.0. The lowest BCUT2D eigenvalue weighted by Gasteiger charge is -2.75. The van der Waals surface area contributed by atoms with Crippen molar-refractivity contribution in [2.75, 3.05) is 6.61 Å². The second-order valence-corrected chi connectivity index (χ2v) is 15.3. The second-order valence-electron chi connectivity index (χ2n) is 15.3. The normalized spacial score (nSPS) is 56.4. The molecule has 212 valence electrons. The van der Waals surface area contributed by atoms with Crippen molar-refractivity contribution >= 4 is 12.3 Å². The first kappa shape index (κ1) is 27.0. The summed E-state index contributed by atoms with van der Waals surface area (Å²) in [6.45, 7) is 15.6. The van der Waals surface area contributed by atoms with Gasteiger partial charge in [-0.2, -0.15) is 0 Å². The van der Waals surface area contributed by atoms with Gasteiger partial charge in [-0.25, -0.2) is 0 Å². The van der Waals surface area contributed by atoms with Crippen molar-refractivity contribution in [3.8, 4) is 0 Å². The summed E-state index contributed by atoms with van der Waals surface area (Å²) in [7, 11) is 0. The zero-order valence-corrected chi connectivity index (χ0v) is 24.4. The number of hydrogen-bond donors (Lipinski definition) is 2. The number of aldehydes is 1. The van der Waals surface area contributed by atoms with Crippen molar-refractivity contribution in [2.24, 2.45) is 56.7 Å². The molecule has 7 aliphatic rings. The average Bonchev–Trinajstić information content (AvgIpc) is 2.86. The largest absolute Gasteiger partial charge is 0.459 e. The molecule has 6 heteroatoms. The zero-order chi connectivity index (χ0) is 27.7. The number of carbonyl (C=O) groups is 2. The Kier molecular flexibility index (Phi) is 5.63. The maximum Gasteiger partial charge on any atom is 0.303 e. The third kappa shape index (κ3) is 2.86. The molecule has 6 fully saturated rings. The van der Waals surface area contributed by atoms with Crippen LogP contribution in [0.25, 0.3) is 0 Å². The maximum atomic E-state index is 13.0. The summed E-state index contributed by atoms with van der Waals surface area (Å²) in [6, 6.07) is 0. The topological polar surface area (TPSA) is 93.1 Å². The van der Waals surface area contributed by atoms with Crippen molar-refractivity contribution < 1.29 is 29.3 Å². The smallest absolute Gasteiger partial charge is 0.303 e. The Hall–Kier alpha value is -1.24. The van der Waals surface area contributed by atoms with Crippen molar-refractivity contribution in [2.45, 2.75) is 111 Å². The Bertz CT molecular complexity index is 1070. The van der Waals surface area contributed by atoms with E-state index in [4.69, 9.17) is 9.47 Å². The Morgan fingerprint density at radius 2 is 1.76 bits per heavy atom. The van der Waals surface area contributed by atoms with E-state index in [1.807, 2.05) is 0 Å².